The van der Waals surface area contributed by atoms with Crippen LogP contribution in [0.25, 0.3) is 11.0 Å². The number of carbonyl (C=O) groups is 2. The molecule has 170 valence electrons. The summed E-state index contributed by atoms with van der Waals surface area (Å²) in [6.45, 7) is 6.22. The number of halogens is 1. The lowest BCUT2D eigenvalue weighted by atomic mass is 10.1. The molecule has 8 heteroatoms. The van der Waals surface area contributed by atoms with E-state index in [2.05, 4.69) is 21.2 Å². The smallest absolute Gasteiger partial charge is 0.407 e. The summed E-state index contributed by atoms with van der Waals surface area (Å²) in [6.07, 6.45) is 1.04. The van der Waals surface area contributed by atoms with Crippen LogP contribution >= 0.6 is 15.9 Å². The van der Waals surface area contributed by atoms with Gasteiger partial charge in [-0.3, -0.25) is 4.79 Å². The van der Waals surface area contributed by atoms with Crippen molar-refractivity contribution in [2.24, 2.45) is 0 Å². The average molecular weight is 504 g/mol. The summed E-state index contributed by atoms with van der Waals surface area (Å²) in [7, 11) is 0. The minimum absolute atomic E-state index is 0.0940. The molecule has 0 atom stereocenters. The van der Waals surface area contributed by atoms with Gasteiger partial charge in [-0.2, -0.15) is 0 Å². The van der Waals surface area contributed by atoms with E-state index in [0.717, 1.165) is 26.6 Å². The maximum atomic E-state index is 12.0. The van der Waals surface area contributed by atoms with Crippen molar-refractivity contribution in [3.05, 3.63) is 63.8 Å². The Morgan fingerprint density at radius 2 is 1.94 bits per heavy atom. The minimum Gasteiger partial charge on any atom is -0.489 e. The Labute approximate surface area is 195 Å². The lowest BCUT2D eigenvalue weighted by molar-refractivity contribution is -0.142. The Bertz CT molecular complexity index is 1090. The van der Waals surface area contributed by atoms with Crippen molar-refractivity contribution in [3.63, 3.8) is 0 Å². The van der Waals surface area contributed by atoms with Crippen LogP contribution < -0.4 is 10.1 Å². The summed E-state index contributed by atoms with van der Waals surface area (Å²) in [5.41, 5.74) is 3.25. The molecule has 1 heterocycles. The summed E-state index contributed by atoms with van der Waals surface area (Å²) in [6, 6.07) is 11.3. The Morgan fingerprint density at radius 3 is 2.69 bits per heavy atom. The zero-order chi connectivity index (χ0) is 23.1. The van der Waals surface area contributed by atoms with Crippen molar-refractivity contribution in [1.29, 1.82) is 0 Å². The zero-order valence-electron chi connectivity index (χ0n) is 18.3. The van der Waals surface area contributed by atoms with Crippen LogP contribution in [0.1, 0.15) is 37.5 Å². The number of nitrogens with one attached hydrogen (secondary N) is 1. The predicted molar refractivity (Wildman–Crippen MR) is 123 cm³/mol. The molecule has 0 saturated heterocycles. The first kappa shape index (κ1) is 23.7. The summed E-state index contributed by atoms with van der Waals surface area (Å²) < 4.78 is 22.6. The van der Waals surface area contributed by atoms with Gasteiger partial charge in [-0.25, -0.2) is 4.79 Å². The quantitative estimate of drug-likeness (QED) is 0.387. The van der Waals surface area contributed by atoms with Crippen molar-refractivity contribution in [2.75, 3.05) is 6.61 Å². The molecule has 0 aliphatic carbocycles. The first-order chi connectivity index (χ1) is 15.4. The molecule has 0 aliphatic heterocycles. The standard InChI is InChI=1S/C24H26BrNO6/c1-4-29-22(27)12-18-6-5-16(13-26-24(28)32-15(2)3)11-21(18)31-14-17-9-19-7-8-30-23(19)20(25)10-17/h5-11,15H,4,12-14H2,1-3H3,(H,26,28). The molecule has 0 fully saturated rings. The molecule has 0 aliphatic rings. The van der Waals surface area contributed by atoms with Crippen LogP contribution in [0.15, 0.2) is 51.6 Å². The first-order valence-electron chi connectivity index (χ1n) is 10.4. The molecule has 3 aromatic rings. The van der Waals surface area contributed by atoms with Gasteiger partial charge in [-0.05, 0) is 72.1 Å². The monoisotopic (exact) mass is 503 g/mol. The number of alkyl carbamates (subject to hydrolysis) is 1. The van der Waals surface area contributed by atoms with Gasteiger partial charge in [0, 0.05) is 17.5 Å². The first-order valence-corrected chi connectivity index (χ1v) is 11.1. The number of hydrogen-bond acceptors (Lipinski definition) is 6. The van der Waals surface area contributed by atoms with Gasteiger partial charge < -0.3 is 23.9 Å². The second-order valence-corrected chi connectivity index (χ2v) is 8.29. The second kappa shape index (κ2) is 11.0. The Balaban J connectivity index is 1.77. The largest absolute Gasteiger partial charge is 0.489 e. The molecule has 1 amide bonds. The van der Waals surface area contributed by atoms with E-state index in [0.29, 0.717) is 24.5 Å². The molecule has 0 saturated carbocycles. The van der Waals surface area contributed by atoms with Crippen LogP contribution in [0, 0.1) is 0 Å². The average Bonchev–Trinajstić information content (AvgIpc) is 3.21. The van der Waals surface area contributed by atoms with Gasteiger partial charge in [0.25, 0.3) is 0 Å². The number of amides is 1. The molecule has 7 nitrogen and oxygen atoms in total. The van der Waals surface area contributed by atoms with E-state index in [1.165, 1.54) is 0 Å². The second-order valence-electron chi connectivity index (χ2n) is 7.44. The number of hydrogen-bond donors (Lipinski definition) is 1. The maximum absolute atomic E-state index is 12.0. The number of ether oxygens (including phenoxy) is 3. The molecule has 0 unspecified atom stereocenters. The van der Waals surface area contributed by atoms with Crippen LogP contribution in [-0.4, -0.2) is 24.8 Å². The van der Waals surface area contributed by atoms with E-state index < -0.39 is 6.09 Å². The number of esters is 1. The van der Waals surface area contributed by atoms with Crippen LogP contribution in [0.4, 0.5) is 4.79 Å². The van der Waals surface area contributed by atoms with Gasteiger partial charge in [0.15, 0.2) is 0 Å². The lowest BCUT2D eigenvalue weighted by Crippen LogP contribution is -2.26. The topological polar surface area (TPSA) is 87.0 Å². The van der Waals surface area contributed by atoms with E-state index in [-0.39, 0.29) is 25.0 Å². The van der Waals surface area contributed by atoms with E-state index in [1.807, 2.05) is 36.4 Å². The minimum atomic E-state index is -0.490. The van der Waals surface area contributed by atoms with Crippen LogP contribution in [0.3, 0.4) is 0 Å². The predicted octanol–water partition coefficient (Wildman–Crippen LogP) is 5.51. The number of rotatable bonds is 9. The van der Waals surface area contributed by atoms with Crippen LogP contribution in [0.5, 0.6) is 5.75 Å². The summed E-state index contributed by atoms with van der Waals surface area (Å²) in [5.74, 6) is 0.226. The third-order valence-corrected chi connectivity index (χ3v) is 5.10. The molecule has 0 spiro atoms. The molecule has 32 heavy (non-hydrogen) atoms. The van der Waals surface area contributed by atoms with Gasteiger partial charge in [0.05, 0.1) is 29.9 Å². The highest BCUT2D eigenvalue weighted by Gasteiger charge is 2.13. The normalized spacial score (nSPS) is 10.9. The number of carbonyl (C=O) groups excluding carboxylic acids is 2. The fourth-order valence-corrected chi connectivity index (χ4v) is 3.74. The maximum Gasteiger partial charge on any atom is 0.407 e. The van der Waals surface area contributed by atoms with Gasteiger partial charge in [-0.1, -0.05) is 12.1 Å². The van der Waals surface area contributed by atoms with Gasteiger partial charge in [0.1, 0.15) is 17.9 Å². The molecular weight excluding hydrogens is 478 g/mol. The van der Waals surface area contributed by atoms with Gasteiger partial charge >= 0.3 is 12.1 Å². The third kappa shape index (κ3) is 6.50. The van der Waals surface area contributed by atoms with Gasteiger partial charge in [0.2, 0.25) is 0 Å². The number of fused-ring (bicyclic) bond motifs is 1. The van der Waals surface area contributed by atoms with E-state index in [4.69, 9.17) is 18.6 Å². The summed E-state index contributed by atoms with van der Waals surface area (Å²) in [5, 5.41) is 3.68. The summed E-state index contributed by atoms with van der Waals surface area (Å²) in [4.78, 5) is 23.8. The molecule has 0 radical (unpaired) electrons. The van der Waals surface area contributed by atoms with Crippen molar-refractivity contribution < 1.29 is 28.2 Å². The fraction of sp³-hybridized carbons (Fsp3) is 0.333. The van der Waals surface area contributed by atoms with E-state index in [1.54, 1.807) is 27.0 Å². The van der Waals surface area contributed by atoms with Crippen molar-refractivity contribution in [1.82, 2.24) is 5.32 Å². The Hall–Kier alpha value is -3.00. The van der Waals surface area contributed by atoms with E-state index >= 15 is 0 Å². The van der Waals surface area contributed by atoms with Gasteiger partial charge in [-0.15, -0.1) is 0 Å². The lowest BCUT2D eigenvalue weighted by Gasteiger charge is -2.14. The molecule has 2 aromatic carbocycles. The summed E-state index contributed by atoms with van der Waals surface area (Å²) >= 11 is 3.52. The van der Waals surface area contributed by atoms with Crippen LogP contribution in [0.2, 0.25) is 0 Å². The van der Waals surface area contributed by atoms with Crippen molar-refractivity contribution in [3.8, 4) is 5.75 Å². The highest BCUT2D eigenvalue weighted by Crippen LogP contribution is 2.28. The SMILES string of the molecule is CCOC(=O)Cc1ccc(CNC(=O)OC(C)C)cc1OCc1cc(Br)c2occc2c1. The number of furan rings is 1. The highest BCUT2D eigenvalue weighted by molar-refractivity contribution is 9.10. The Morgan fingerprint density at radius 1 is 1.12 bits per heavy atom. The van der Waals surface area contributed by atoms with Crippen molar-refractivity contribution >= 4 is 39.0 Å². The Kier molecular flexibility index (Phi) is 8.16. The highest BCUT2D eigenvalue weighted by atomic mass is 79.9. The van der Waals surface area contributed by atoms with E-state index in [9.17, 15) is 9.59 Å². The number of benzene rings is 2. The third-order valence-electron chi connectivity index (χ3n) is 4.51. The molecular formula is C24H26BrNO6. The fourth-order valence-electron chi connectivity index (χ4n) is 3.13. The van der Waals surface area contributed by atoms with Crippen LogP contribution in [-0.2, 0) is 33.8 Å². The molecule has 1 aromatic heterocycles. The molecule has 1 N–H and O–H groups in total. The molecule has 3 rings (SSSR count). The zero-order valence-corrected chi connectivity index (χ0v) is 19.9. The molecule has 0 bridgehead atoms. The van der Waals surface area contributed by atoms with Crippen molar-refractivity contribution in [2.45, 2.75) is 46.4 Å².